The van der Waals surface area contributed by atoms with Gasteiger partial charge in [0.25, 0.3) is 0 Å². The van der Waals surface area contributed by atoms with Crippen molar-refractivity contribution in [1.82, 2.24) is 24.7 Å². The van der Waals surface area contributed by atoms with Crippen molar-refractivity contribution in [2.24, 2.45) is 5.92 Å². The molecule has 3 rings (SSSR count). The number of hydrogen-bond donors (Lipinski definition) is 0. The summed E-state index contributed by atoms with van der Waals surface area (Å²) in [5, 5.41) is 8.57. The van der Waals surface area contributed by atoms with Crippen LogP contribution < -0.4 is 0 Å². The molecule has 2 aromatic rings. The molecule has 8 heteroatoms. The highest BCUT2D eigenvalue weighted by atomic mass is 16.5. The Hall–Kier alpha value is -2.64. The molecule has 1 fully saturated rings. The Morgan fingerprint density at radius 3 is 2.10 bits per heavy atom. The first-order valence-electron chi connectivity index (χ1n) is 11.2. The molecule has 1 saturated heterocycles. The highest BCUT2D eigenvalue weighted by Crippen LogP contribution is 2.18. The van der Waals surface area contributed by atoms with Gasteiger partial charge in [0.2, 0.25) is 11.8 Å². The van der Waals surface area contributed by atoms with E-state index in [1.807, 2.05) is 30.6 Å². The van der Waals surface area contributed by atoms with Crippen LogP contribution >= 0.6 is 0 Å². The number of rotatable bonds is 7. The van der Waals surface area contributed by atoms with Crippen LogP contribution in [0.5, 0.6) is 0 Å². The van der Waals surface area contributed by atoms with Gasteiger partial charge in [-0.05, 0) is 45.6 Å². The van der Waals surface area contributed by atoms with E-state index in [1.54, 1.807) is 0 Å². The molecule has 0 aromatic carbocycles. The Balaban J connectivity index is 1.49. The van der Waals surface area contributed by atoms with Crippen molar-refractivity contribution >= 4 is 11.8 Å². The number of nitrogens with zero attached hydrogens (tertiary/aromatic N) is 5. The van der Waals surface area contributed by atoms with Crippen molar-refractivity contribution in [2.45, 2.75) is 67.3 Å². The van der Waals surface area contributed by atoms with Gasteiger partial charge in [-0.2, -0.15) is 5.10 Å². The molecule has 0 atom stereocenters. The third kappa shape index (κ3) is 5.35. The quantitative estimate of drug-likeness (QED) is 0.675. The van der Waals surface area contributed by atoms with E-state index < -0.39 is 0 Å². The Morgan fingerprint density at radius 1 is 0.935 bits per heavy atom. The molecule has 2 amide bonds. The van der Waals surface area contributed by atoms with Gasteiger partial charge >= 0.3 is 0 Å². The van der Waals surface area contributed by atoms with Gasteiger partial charge in [-0.25, -0.2) is 0 Å². The van der Waals surface area contributed by atoms with E-state index in [9.17, 15) is 9.59 Å². The van der Waals surface area contributed by atoms with E-state index in [2.05, 4.69) is 35.7 Å². The fourth-order valence-electron chi connectivity index (χ4n) is 4.23. The lowest BCUT2D eigenvalue weighted by atomic mass is 10.1. The second kappa shape index (κ2) is 9.66. The average molecular weight is 430 g/mol. The number of amides is 2. The summed E-state index contributed by atoms with van der Waals surface area (Å²) in [7, 11) is 0. The second-order valence-corrected chi connectivity index (χ2v) is 8.97. The van der Waals surface area contributed by atoms with Gasteiger partial charge in [-0.15, -0.1) is 0 Å². The van der Waals surface area contributed by atoms with Gasteiger partial charge in [0.1, 0.15) is 5.76 Å². The first kappa shape index (κ1) is 23.0. The van der Waals surface area contributed by atoms with Crippen LogP contribution in [0, 0.1) is 33.6 Å². The first-order chi connectivity index (χ1) is 14.7. The van der Waals surface area contributed by atoms with Crippen molar-refractivity contribution < 1.29 is 14.1 Å². The monoisotopic (exact) mass is 429 g/mol. The molecule has 3 heterocycles. The van der Waals surface area contributed by atoms with Gasteiger partial charge in [-0.3, -0.25) is 14.3 Å². The lowest BCUT2D eigenvalue weighted by molar-refractivity contribution is -0.139. The Kier molecular flexibility index (Phi) is 7.18. The smallest absolute Gasteiger partial charge is 0.227 e. The Morgan fingerprint density at radius 2 is 1.55 bits per heavy atom. The van der Waals surface area contributed by atoms with E-state index in [1.165, 1.54) is 5.56 Å². The first-order valence-corrected chi connectivity index (χ1v) is 11.2. The molecule has 0 aliphatic carbocycles. The summed E-state index contributed by atoms with van der Waals surface area (Å²) in [6.07, 6.45) is 1.48. The minimum absolute atomic E-state index is 0.0605. The van der Waals surface area contributed by atoms with Gasteiger partial charge in [0, 0.05) is 50.4 Å². The van der Waals surface area contributed by atoms with Crippen LogP contribution in [-0.2, 0) is 29.0 Å². The number of aromatic nitrogens is 3. The molecule has 2 aromatic heterocycles. The van der Waals surface area contributed by atoms with E-state index in [0.717, 1.165) is 29.2 Å². The third-order valence-corrected chi connectivity index (χ3v) is 6.15. The molecule has 0 radical (unpaired) electrons. The molecule has 0 bridgehead atoms. The molecular formula is C23H35N5O3. The van der Waals surface area contributed by atoms with Crippen molar-refractivity contribution in [1.29, 1.82) is 0 Å². The summed E-state index contributed by atoms with van der Waals surface area (Å²) >= 11 is 0. The van der Waals surface area contributed by atoms with Crippen molar-refractivity contribution in [2.75, 3.05) is 26.2 Å². The maximum atomic E-state index is 12.8. The van der Waals surface area contributed by atoms with Crippen molar-refractivity contribution in [3.63, 3.8) is 0 Å². The van der Waals surface area contributed by atoms with E-state index in [-0.39, 0.29) is 11.8 Å². The summed E-state index contributed by atoms with van der Waals surface area (Å²) in [6.45, 7) is 15.3. The summed E-state index contributed by atoms with van der Waals surface area (Å²) in [5.74, 6) is 1.43. The molecule has 8 nitrogen and oxygen atoms in total. The van der Waals surface area contributed by atoms with E-state index >= 15 is 0 Å². The summed E-state index contributed by atoms with van der Waals surface area (Å²) in [5.41, 5.74) is 4.99. The third-order valence-electron chi connectivity index (χ3n) is 6.15. The predicted molar refractivity (Wildman–Crippen MR) is 118 cm³/mol. The molecule has 0 saturated carbocycles. The lowest BCUT2D eigenvalue weighted by Crippen LogP contribution is -2.51. The molecule has 1 aliphatic heterocycles. The zero-order chi connectivity index (χ0) is 22.7. The number of hydrogen-bond acceptors (Lipinski definition) is 5. The lowest BCUT2D eigenvalue weighted by Gasteiger charge is -2.35. The standard InChI is InChI=1S/C23H35N5O3/c1-15(2)14-28-18(5)20(16(3)24-28)7-8-22(29)26-9-11-27(12-10-26)23(30)13-21-17(4)25-31-19(21)6/h15H,7-14H2,1-6H3. The molecule has 0 N–H and O–H groups in total. The number of piperazine rings is 1. The molecule has 0 spiro atoms. The fourth-order valence-corrected chi connectivity index (χ4v) is 4.23. The van der Waals surface area contributed by atoms with Crippen LogP contribution in [-0.4, -0.2) is 62.7 Å². The summed E-state index contributed by atoms with van der Waals surface area (Å²) in [6, 6.07) is 0. The van der Waals surface area contributed by atoms with Crippen molar-refractivity contribution in [3.05, 3.63) is 34.0 Å². The second-order valence-electron chi connectivity index (χ2n) is 8.97. The maximum absolute atomic E-state index is 12.8. The van der Waals surface area contributed by atoms with E-state index in [4.69, 9.17) is 4.52 Å². The molecule has 1 aliphatic rings. The largest absolute Gasteiger partial charge is 0.361 e. The van der Waals surface area contributed by atoms with Gasteiger partial charge in [-0.1, -0.05) is 19.0 Å². The van der Waals surface area contributed by atoms with Crippen molar-refractivity contribution in [3.8, 4) is 0 Å². The molecule has 0 unspecified atom stereocenters. The minimum atomic E-state index is 0.0605. The Labute approximate surface area is 184 Å². The van der Waals surface area contributed by atoms with Gasteiger partial charge in [0.05, 0.1) is 17.8 Å². The van der Waals surface area contributed by atoms with Gasteiger partial charge in [0.15, 0.2) is 0 Å². The normalized spacial score (nSPS) is 14.5. The van der Waals surface area contributed by atoms with Crippen LogP contribution in [0.2, 0.25) is 0 Å². The van der Waals surface area contributed by atoms with Crippen LogP contribution in [0.3, 0.4) is 0 Å². The van der Waals surface area contributed by atoms with Crippen LogP contribution in [0.1, 0.15) is 54.2 Å². The molecular weight excluding hydrogens is 394 g/mol. The minimum Gasteiger partial charge on any atom is -0.361 e. The van der Waals surface area contributed by atoms with E-state index in [0.29, 0.717) is 57.1 Å². The highest BCUT2D eigenvalue weighted by Gasteiger charge is 2.26. The SMILES string of the molecule is Cc1noc(C)c1CC(=O)N1CCN(C(=O)CCc2c(C)nn(CC(C)C)c2C)CC1. The molecule has 31 heavy (non-hydrogen) atoms. The predicted octanol–water partition coefficient (Wildman–Crippen LogP) is 2.61. The molecule has 170 valence electrons. The fraction of sp³-hybridized carbons (Fsp3) is 0.652. The average Bonchev–Trinajstić information content (AvgIpc) is 3.18. The summed E-state index contributed by atoms with van der Waals surface area (Å²) < 4.78 is 7.21. The maximum Gasteiger partial charge on any atom is 0.227 e. The number of aryl methyl sites for hydroxylation is 3. The summed E-state index contributed by atoms with van der Waals surface area (Å²) in [4.78, 5) is 29.1. The zero-order valence-electron chi connectivity index (χ0n) is 19.7. The zero-order valence-corrected chi connectivity index (χ0v) is 19.7. The topological polar surface area (TPSA) is 84.5 Å². The van der Waals surface area contributed by atoms with Gasteiger partial charge < -0.3 is 14.3 Å². The van der Waals surface area contributed by atoms with Crippen LogP contribution in [0.4, 0.5) is 0 Å². The number of carbonyl (C=O) groups is 2. The van der Waals surface area contributed by atoms with Crippen LogP contribution in [0.15, 0.2) is 4.52 Å². The van der Waals surface area contributed by atoms with Crippen LogP contribution in [0.25, 0.3) is 0 Å². The Bertz CT molecular complexity index is 916. The number of carbonyl (C=O) groups excluding carboxylic acids is 2. The highest BCUT2D eigenvalue weighted by molar-refractivity contribution is 5.80.